The number of nitrogens with one attached hydrogen (secondary N) is 1. The second kappa shape index (κ2) is 6.06. The molecule has 1 rings (SSSR count). The van der Waals surface area contributed by atoms with Crippen LogP contribution in [-0.4, -0.2) is 51.0 Å². The van der Waals surface area contributed by atoms with Gasteiger partial charge in [0.2, 0.25) is 0 Å². The smallest absolute Gasteiger partial charge is 0.0783 e. The van der Waals surface area contributed by atoms with Crippen LogP contribution in [0.5, 0.6) is 0 Å². The number of hydrogen-bond donors (Lipinski definition) is 3. The van der Waals surface area contributed by atoms with Gasteiger partial charge in [0.15, 0.2) is 0 Å². The number of halogens is 1. The lowest BCUT2D eigenvalue weighted by Gasteiger charge is -2.51. The fourth-order valence-electron chi connectivity index (χ4n) is 2.95. The molecule has 4 nitrogen and oxygen atoms in total. The molecule has 0 aromatic rings. The first-order valence-electron chi connectivity index (χ1n) is 6.67. The van der Waals surface area contributed by atoms with Crippen LogP contribution in [-0.2, 0) is 0 Å². The van der Waals surface area contributed by atoms with Crippen molar-refractivity contribution in [3.63, 3.8) is 0 Å². The fraction of sp³-hybridized carbons (Fsp3) is 1.00. The highest BCUT2D eigenvalue weighted by Crippen LogP contribution is 2.39. The molecule has 1 unspecified atom stereocenters. The fourth-order valence-corrected chi connectivity index (χ4v) is 3.09. The van der Waals surface area contributed by atoms with Gasteiger partial charge < -0.3 is 15.5 Å². The second-order valence-electron chi connectivity index (χ2n) is 6.59. The molecule has 0 aromatic heterocycles. The summed E-state index contributed by atoms with van der Waals surface area (Å²) in [6.07, 6.45) is 1.93. The summed E-state index contributed by atoms with van der Waals surface area (Å²) in [5, 5.41) is 21.5. The van der Waals surface area contributed by atoms with Crippen molar-refractivity contribution in [1.29, 1.82) is 0 Å². The minimum Gasteiger partial charge on any atom is -0.394 e. The summed E-state index contributed by atoms with van der Waals surface area (Å²) < 4.78 is 1.93. The van der Waals surface area contributed by atoms with Crippen molar-refractivity contribution in [2.24, 2.45) is 0 Å². The number of rotatable bonds is 5. The van der Waals surface area contributed by atoms with Crippen LogP contribution in [0.25, 0.3) is 0 Å². The van der Waals surface area contributed by atoms with Gasteiger partial charge in [-0.2, -0.15) is 0 Å². The van der Waals surface area contributed by atoms with Crippen LogP contribution in [0.2, 0.25) is 0 Å². The first kappa shape index (κ1) is 16.2. The van der Waals surface area contributed by atoms with Crippen LogP contribution < -0.4 is 5.32 Å². The summed E-state index contributed by atoms with van der Waals surface area (Å²) >= 11 is 6.40. The van der Waals surface area contributed by atoms with Crippen LogP contribution in [0.1, 0.15) is 47.0 Å². The van der Waals surface area contributed by atoms with Gasteiger partial charge in [0.25, 0.3) is 0 Å². The zero-order valence-electron chi connectivity index (χ0n) is 11.9. The molecule has 0 aromatic carbocycles. The van der Waals surface area contributed by atoms with Crippen molar-refractivity contribution < 1.29 is 10.2 Å². The van der Waals surface area contributed by atoms with Gasteiger partial charge in [0, 0.05) is 17.1 Å². The summed E-state index contributed by atoms with van der Waals surface area (Å²) in [6.45, 7) is 9.16. The van der Waals surface area contributed by atoms with E-state index in [1.165, 1.54) is 0 Å². The number of nitrogens with zero attached hydrogens (tertiary/aromatic N) is 1. The van der Waals surface area contributed by atoms with Crippen molar-refractivity contribution in [2.45, 2.75) is 70.2 Å². The molecule has 18 heavy (non-hydrogen) atoms. The van der Waals surface area contributed by atoms with E-state index in [0.29, 0.717) is 12.5 Å². The predicted octanol–water partition coefficient (Wildman–Crippen LogP) is 1.49. The van der Waals surface area contributed by atoms with Crippen LogP contribution in [0, 0.1) is 0 Å². The Morgan fingerprint density at radius 3 is 2.22 bits per heavy atom. The zero-order chi connectivity index (χ0) is 14.0. The lowest BCUT2D eigenvalue weighted by Crippen LogP contribution is -2.60. The summed E-state index contributed by atoms with van der Waals surface area (Å²) in [5.41, 5.74) is -0.0901. The molecule has 1 saturated heterocycles. The largest absolute Gasteiger partial charge is 0.394 e. The van der Waals surface area contributed by atoms with Crippen molar-refractivity contribution >= 4 is 11.8 Å². The third-order valence-corrected chi connectivity index (χ3v) is 4.59. The second-order valence-corrected chi connectivity index (χ2v) is 6.93. The number of hydrogen-bond acceptors (Lipinski definition) is 4. The molecular weight excluding hydrogens is 252 g/mol. The van der Waals surface area contributed by atoms with Crippen LogP contribution in [0.3, 0.4) is 0 Å². The first-order chi connectivity index (χ1) is 8.19. The maximum absolute atomic E-state index is 9.32. The summed E-state index contributed by atoms with van der Waals surface area (Å²) in [7, 11) is 0. The van der Waals surface area contributed by atoms with E-state index < -0.39 is 6.10 Å². The Hall–Kier alpha value is 0.130. The van der Waals surface area contributed by atoms with E-state index in [2.05, 4.69) is 33.0 Å². The van der Waals surface area contributed by atoms with Crippen molar-refractivity contribution in [1.82, 2.24) is 9.74 Å². The van der Waals surface area contributed by atoms with Gasteiger partial charge in [-0.3, -0.25) is 0 Å². The van der Waals surface area contributed by atoms with E-state index in [0.717, 1.165) is 19.4 Å². The van der Waals surface area contributed by atoms with Gasteiger partial charge in [0.1, 0.15) is 0 Å². The van der Waals surface area contributed by atoms with E-state index >= 15 is 0 Å². The maximum atomic E-state index is 9.32. The summed E-state index contributed by atoms with van der Waals surface area (Å²) in [6, 6.07) is 0.399. The van der Waals surface area contributed by atoms with E-state index in [-0.39, 0.29) is 17.7 Å². The Kier molecular flexibility index (Phi) is 5.44. The quantitative estimate of drug-likeness (QED) is 0.667. The highest BCUT2D eigenvalue weighted by molar-refractivity contribution is 6.14. The maximum Gasteiger partial charge on any atom is 0.0783 e. The molecule has 1 heterocycles. The monoisotopic (exact) mass is 278 g/mol. The summed E-state index contributed by atoms with van der Waals surface area (Å²) in [4.78, 5) is 0. The Balaban J connectivity index is 2.48. The standard InChI is InChI=1S/C13H27ClN2O2/c1-12(2)7-10(8-13(3,4)16(12)14)15-6-5-11(18)9-17/h10-11,15,17-18H,5-9H2,1-4H3. The topological polar surface area (TPSA) is 55.7 Å². The number of aliphatic hydroxyl groups excluding tert-OH is 2. The third-order valence-electron chi connectivity index (χ3n) is 3.68. The highest BCUT2D eigenvalue weighted by Gasteiger charge is 2.44. The van der Waals surface area contributed by atoms with Crippen LogP contribution in [0.15, 0.2) is 0 Å². The Labute approximate surface area is 115 Å². The SMILES string of the molecule is CC1(C)CC(NCCC(O)CO)CC(C)(C)N1Cl. The van der Waals surface area contributed by atoms with Crippen molar-refractivity contribution in [2.75, 3.05) is 13.2 Å². The lowest BCUT2D eigenvalue weighted by molar-refractivity contribution is 0.0348. The minimum atomic E-state index is -0.619. The molecule has 0 amide bonds. The van der Waals surface area contributed by atoms with Gasteiger partial charge in [-0.15, -0.1) is 0 Å². The normalized spacial score (nSPS) is 26.2. The molecule has 0 radical (unpaired) electrons. The predicted molar refractivity (Wildman–Crippen MR) is 74.6 cm³/mol. The van der Waals surface area contributed by atoms with Gasteiger partial charge in [-0.05, 0) is 65.3 Å². The molecule has 1 atom stereocenters. The van der Waals surface area contributed by atoms with Gasteiger partial charge in [-0.1, -0.05) is 0 Å². The van der Waals surface area contributed by atoms with Crippen molar-refractivity contribution in [3.05, 3.63) is 0 Å². The molecule has 1 aliphatic rings. The average Bonchev–Trinajstić information content (AvgIpc) is 2.25. The molecule has 0 spiro atoms. The number of piperidine rings is 1. The molecule has 5 heteroatoms. The van der Waals surface area contributed by atoms with Crippen LogP contribution >= 0.6 is 11.8 Å². The Morgan fingerprint density at radius 1 is 1.28 bits per heavy atom. The Bertz CT molecular complexity index is 254. The lowest BCUT2D eigenvalue weighted by atomic mass is 9.79. The number of aliphatic hydroxyl groups is 2. The minimum absolute atomic E-state index is 0.0451. The van der Waals surface area contributed by atoms with Gasteiger partial charge in [0.05, 0.1) is 12.7 Å². The molecule has 1 aliphatic heterocycles. The molecule has 0 saturated carbocycles. The van der Waals surface area contributed by atoms with E-state index in [1.54, 1.807) is 0 Å². The highest BCUT2D eigenvalue weighted by atomic mass is 35.5. The first-order valence-corrected chi connectivity index (χ1v) is 7.01. The van der Waals surface area contributed by atoms with E-state index in [9.17, 15) is 5.11 Å². The van der Waals surface area contributed by atoms with E-state index in [4.69, 9.17) is 16.9 Å². The zero-order valence-corrected chi connectivity index (χ0v) is 12.7. The molecule has 3 N–H and O–H groups in total. The third kappa shape index (κ3) is 4.07. The molecule has 108 valence electrons. The van der Waals surface area contributed by atoms with Gasteiger partial charge >= 0.3 is 0 Å². The molecular formula is C13H27ClN2O2. The van der Waals surface area contributed by atoms with Crippen molar-refractivity contribution in [3.8, 4) is 0 Å². The molecule has 0 aliphatic carbocycles. The van der Waals surface area contributed by atoms with Gasteiger partial charge in [-0.25, -0.2) is 4.42 Å². The average molecular weight is 279 g/mol. The van der Waals surface area contributed by atoms with E-state index in [1.807, 2.05) is 4.42 Å². The molecule has 0 bridgehead atoms. The summed E-state index contributed by atoms with van der Waals surface area (Å²) in [5.74, 6) is 0. The Morgan fingerprint density at radius 2 is 1.78 bits per heavy atom. The van der Waals surface area contributed by atoms with Crippen LogP contribution in [0.4, 0.5) is 0 Å². The molecule has 1 fully saturated rings.